The van der Waals surface area contributed by atoms with Gasteiger partial charge in [-0.05, 0) is 42.5 Å². The summed E-state index contributed by atoms with van der Waals surface area (Å²) in [6.07, 6.45) is 1.43. The molecule has 0 aromatic heterocycles. The van der Waals surface area contributed by atoms with Crippen LogP contribution in [0.5, 0.6) is 17.2 Å². The number of halogens is 1. The molecule has 0 saturated carbocycles. The lowest BCUT2D eigenvalue weighted by atomic mass is 10.1. The number of hydrogen-bond donors (Lipinski definition) is 2. The number of nitrogens with zero attached hydrogens (tertiary/aromatic N) is 1. The second kappa shape index (κ2) is 11.7. The van der Waals surface area contributed by atoms with Gasteiger partial charge in [0, 0.05) is 22.9 Å². The summed E-state index contributed by atoms with van der Waals surface area (Å²) in [7, 11) is 4.38. The Morgan fingerprint density at radius 2 is 1.61 bits per heavy atom. The zero-order chi connectivity index (χ0) is 26.2. The lowest BCUT2D eigenvalue weighted by Crippen LogP contribution is -2.30. The minimum Gasteiger partial charge on any atom is -0.496 e. The minimum absolute atomic E-state index is 0.0791. The minimum atomic E-state index is -0.730. The number of benzene rings is 3. The predicted octanol–water partition coefficient (Wildman–Crippen LogP) is 4.68. The first-order chi connectivity index (χ1) is 17.3. The molecule has 10 nitrogen and oxygen atoms in total. The summed E-state index contributed by atoms with van der Waals surface area (Å²) in [6, 6.07) is 15.2. The first-order valence-electron chi connectivity index (χ1n) is 10.4. The quantitative estimate of drug-likeness (QED) is 0.242. The van der Waals surface area contributed by atoms with E-state index in [2.05, 4.69) is 10.6 Å². The molecule has 0 atom stereocenters. The largest absolute Gasteiger partial charge is 0.496 e. The number of carbonyl (C=O) groups is 2. The van der Waals surface area contributed by atoms with Gasteiger partial charge >= 0.3 is 0 Å². The monoisotopic (exact) mass is 511 g/mol. The molecule has 0 aliphatic carbocycles. The molecular weight excluding hydrogens is 490 g/mol. The first-order valence-corrected chi connectivity index (χ1v) is 10.8. The van der Waals surface area contributed by atoms with Crippen molar-refractivity contribution in [3.63, 3.8) is 0 Å². The lowest BCUT2D eigenvalue weighted by molar-refractivity contribution is -0.384. The summed E-state index contributed by atoms with van der Waals surface area (Å²) in [5.74, 6) is -0.106. The fourth-order valence-corrected chi connectivity index (χ4v) is 3.39. The average Bonchev–Trinajstić information content (AvgIpc) is 2.88. The predicted molar refractivity (Wildman–Crippen MR) is 135 cm³/mol. The maximum Gasteiger partial charge on any atom is 0.289 e. The molecule has 186 valence electrons. The first kappa shape index (κ1) is 26.0. The van der Waals surface area contributed by atoms with Gasteiger partial charge in [-0.2, -0.15) is 0 Å². The van der Waals surface area contributed by atoms with Crippen LogP contribution in [0.3, 0.4) is 0 Å². The Bertz CT molecular complexity index is 1340. The fraction of sp³-hybridized carbons (Fsp3) is 0.120. The van der Waals surface area contributed by atoms with Crippen LogP contribution in [0.2, 0.25) is 5.02 Å². The third-order valence-electron chi connectivity index (χ3n) is 4.98. The maximum absolute atomic E-state index is 13.2. The maximum atomic E-state index is 13.2. The standard InChI is InChI=1S/C25H22ClN3O7/c1-34-21-7-5-4-6-15(21)12-19(25(31)27-17-9-10-18(26)20(14-17)29(32)33)28-24(30)16-8-11-22(35-2)23(13-16)36-3/h4-14H,1-3H3,(H,27,31)(H,28,30)/b19-12-. The van der Waals surface area contributed by atoms with Crippen molar-refractivity contribution in [1.82, 2.24) is 5.32 Å². The summed E-state index contributed by atoms with van der Waals surface area (Å²) in [5, 5.41) is 16.3. The van der Waals surface area contributed by atoms with Crippen LogP contribution in [0.25, 0.3) is 6.08 Å². The van der Waals surface area contributed by atoms with Gasteiger partial charge < -0.3 is 24.8 Å². The van der Waals surface area contributed by atoms with E-state index in [-0.39, 0.29) is 27.7 Å². The summed E-state index contributed by atoms with van der Waals surface area (Å²) in [5.41, 5.74) is 0.312. The molecule has 11 heteroatoms. The van der Waals surface area contributed by atoms with Crippen LogP contribution in [0.15, 0.2) is 66.4 Å². The smallest absolute Gasteiger partial charge is 0.289 e. The van der Waals surface area contributed by atoms with Crippen LogP contribution < -0.4 is 24.8 Å². The highest BCUT2D eigenvalue weighted by Gasteiger charge is 2.19. The van der Waals surface area contributed by atoms with Crippen LogP contribution in [-0.2, 0) is 4.79 Å². The van der Waals surface area contributed by atoms with Gasteiger partial charge in [0.15, 0.2) is 11.5 Å². The van der Waals surface area contributed by atoms with Gasteiger partial charge in [0.05, 0.1) is 26.3 Å². The van der Waals surface area contributed by atoms with Gasteiger partial charge in [-0.25, -0.2) is 0 Å². The molecular formula is C25H22ClN3O7. The molecule has 2 N–H and O–H groups in total. The zero-order valence-electron chi connectivity index (χ0n) is 19.5. The Balaban J connectivity index is 1.98. The van der Waals surface area contributed by atoms with Crippen molar-refractivity contribution in [1.29, 1.82) is 0 Å². The van der Waals surface area contributed by atoms with Gasteiger partial charge in [0.25, 0.3) is 17.5 Å². The van der Waals surface area contributed by atoms with E-state index < -0.39 is 16.7 Å². The Morgan fingerprint density at radius 3 is 2.28 bits per heavy atom. The number of carbonyl (C=O) groups excluding carboxylic acids is 2. The number of para-hydroxylation sites is 1. The SMILES string of the molecule is COc1ccccc1/C=C(\NC(=O)c1ccc(OC)c(OC)c1)C(=O)Nc1ccc(Cl)c([N+](=O)[O-])c1. The van der Waals surface area contributed by atoms with E-state index in [1.807, 2.05) is 0 Å². The molecule has 0 aliphatic heterocycles. The Kier molecular flexibility index (Phi) is 8.48. The molecule has 0 spiro atoms. The average molecular weight is 512 g/mol. The molecule has 0 aliphatic rings. The molecule has 3 aromatic carbocycles. The van der Waals surface area contributed by atoms with Gasteiger partial charge in [-0.1, -0.05) is 29.8 Å². The van der Waals surface area contributed by atoms with Crippen molar-refractivity contribution in [3.8, 4) is 17.2 Å². The molecule has 0 fully saturated rings. The van der Waals surface area contributed by atoms with E-state index in [1.54, 1.807) is 30.3 Å². The van der Waals surface area contributed by atoms with Crippen molar-refractivity contribution in [2.75, 3.05) is 26.6 Å². The summed E-state index contributed by atoms with van der Waals surface area (Å²) in [4.78, 5) is 36.8. The Labute approximate surface area is 211 Å². The fourth-order valence-electron chi connectivity index (χ4n) is 3.20. The highest BCUT2D eigenvalue weighted by molar-refractivity contribution is 6.32. The number of ether oxygens (including phenoxy) is 3. The Morgan fingerprint density at radius 1 is 0.917 bits per heavy atom. The van der Waals surface area contributed by atoms with E-state index in [0.29, 0.717) is 22.8 Å². The number of hydrogen-bond acceptors (Lipinski definition) is 7. The van der Waals surface area contributed by atoms with E-state index in [0.717, 1.165) is 6.07 Å². The van der Waals surface area contributed by atoms with E-state index >= 15 is 0 Å². The number of nitro benzene ring substituents is 1. The zero-order valence-corrected chi connectivity index (χ0v) is 20.3. The topological polar surface area (TPSA) is 129 Å². The molecule has 36 heavy (non-hydrogen) atoms. The number of anilines is 1. The van der Waals surface area contributed by atoms with Crippen LogP contribution in [0, 0.1) is 10.1 Å². The number of amides is 2. The number of rotatable bonds is 9. The van der Waals surface area contributed by atoms with Crippen molar-refractivity contribution in [2.24, 2.45) is 0 Å². The molecule has 0 radical (unpaired) electrons. The molecule has 3 aromatic rings. The normalized spacial score (nSPS) is 10.8. The second-order valence-electron chi connectivity index (χ2n) is 7.20. The van der Waals surface area contributed by atoms with Crippen LogP contribution in [0.1, 0.15) is 15.9 Å². The highest BCUT2D eigenvalue weighted by Crippen LogP contribution is 2.29. The number of methoxy groups -OCH3 is 3. The molecule has 3 rings (SSSR count). The van der Waals surface area contributed by atoms with Crippen LogP contribution in [-0.4, -0.2) is 38.1 Å². The summed E-state index contributed by atoms with van der Waals surface area (Å²) in [6.45, 7) is 0. The third-order valence-corrected chi connectivity index (χ3v) is 5.30. The Hall–Kier alpha value is -4.57. The van der Waals surface area contributed by atoms with Gasteiger partial charge in [0.1, 0.15) is 16.5 Å². The molecule has 0 unspecified atom stereocenters. The number of nitro groups is 1. The lowest BCUT2D eigenvalue weighted by Gasteiger charge is -2.14. The van der Waals surface area contributed by atoms with Gasteiger partial charge in [0.2, 0.25) is 0 Å². The molecule has 0 saturated heterocycles. The molecule has 0 bridgehead atoms. The van der Waals surface area contributed by atoms with E-state index in [4.69, 9.17) is 25.8 Å². The second-order valence-corrected chi connectivity index (χ2v) is 7.61. The molecule has 2 amide bonds. The highest BCUT2D eigenvalue weighted by atomic mass is 35.5. The molecule has 0 heterocycles. The van der Waals surface area contributed by atoms with Gasteiger partial charge in [-0.15, -0.1) is 0 Å². The van der Waals surface area contributed by atoms with Crippen molar-refractivity contribution in [3.05, 3.63) is 92.6 Å². The third kappa shape index (κ3) is 6.10. The van der Waals surface area contributed by atoms with Crippen molar-refractivity contribution >= 4 is 40.9 Å². The van der Waals surface area contributed by atoms with Crippen LogP contribution in [0.4, 0.5) is 11.4 Å². The summed E-state index contributed by atoms with van der Waals surface area (Å²) >= 11 is 5.86. The number of nitrogens with one attached hydrogen (secondary N) is 2. The van der Waals surface area contributed by atoms with Gasteiger partial charge in [-0.3, -0.25) is 19.7 Å². The summed E-state index contributed by atoms with van der Waals surface area (Å²) < 4.78 is 15.8. The van der Waals surface area contributed by atoms with Crippen LogP contribution >= 0.6 is 11.6 Å². The van der Waals surface area contributed by atoms with E-state index in [9.17, 15) is 19.7 Å². The van der Waals surface area contributed by atoms with E-state index in [1.165, 1.54) is 51.7 Å². The van der Waals surface area contributed by atoms with Crippen molar-refractivity contribution < 1.29 is 28.7 Å². The van der Waals surface area contributed by atoms with Crippen molar-refractivity contribution in [2.45, 2.75) is 0 Å².